The molecule has 3 heteroatoms. The first-order valence-electron chi connectivity index (χ1n) is 3.34. The van der Waals surface area contributed by atoms with Crippen LogP contribution in [0.15, 0.2) is 0 Å². The molecule has 0 heterocycles. The molecule has 0 aromatic heterocycles. The van der Waals surface area contributed by atoms with E-state index in [1.54, 1.807) is 11.8 Å². The molecule has 1 rings (SSSR count). The Labute approximate surface area is 65.3 Å². The van der Waals surface area contributed by atoms with Gasteiger partial charge in [-0.2, -0.15) is 11.8 Å². The molecule has 0 N–H and O–H groups in total. The van der Waals surface area contributed by atoms with Gasteiger partial charge in [0.2, 0.25) is 0 Å². The van der Waals surface area contributed by atoms with Crippen molar-refractivity contribution < 1.29 is 9.53 Å². The van der Waals surface area contributed by atoms with Crippen LogP contribution in [0, 0.1) is 0 Å². The third kappa shape index (κ3) is 1.66. The maximum atomic E-state index is 10.8. The van der Waals surface area contributed by atoms with Crippen molar-refractivity contribution in [2.75, 3.05) is 13.4 Å². The van der Waals surface area contributed by atoms with E-state index in [4.69, 9.17) is 0 Å². The minimum atomic E-state index is -0.0770. The molecule has 1 aliphatic carbocycles. The highest BCUT2D eigenvalue weighted by molar-refractivity contribution is 8.00. The lowest BCUT2D eigenvalue weighted by atomic mass is 10.3. The minimum absolute atomic E-state index is 0.0770. The lowest BCUT2D eigenvalue weighted by molar-refractivity contribution is -0.140. The summed E-state index contributed by atoms with van der Waals surface area (Å²) in [6.07, 6.45) is 4.98. The lowest BCUT2D eigenvalue weighted by Crippen LogP contribution is -2.11. The highest BCUT2D eigenvalue weighted by atomic mass is 32.2. The Kier molecular flexibility index (Phi) is 2.24. The van der Waals surface area contributed by atoms with E-state index in [1.807, 2.05) is 0 Å². The maximum Gasteiger partial charge on any atom is 0.306 e. The molecule has 0 atom stereocenters. The topological polar surface area (TPSA) is 26.3 Å². The number of carbonyl (C=O) groups excluding carboxylic acids is 1. The van der Waals surface area contributed by atoms with Crippen LogP contribution in [0.5, 0.6) is 0 Å². The predicted molar refractivity (Wildman–Crippen MR) is 42.1 cm³/mol. The van der Waals surface area contributed by atoms with Crippen molar-refractivity contribution >= 4 is 17.7 Å². The molecule has 58 valence electrons. The molecule has 0 aliphatic heterocycles. The van der Waals surface area contributed by atoms with Gasteiger partial charge in [0.15, 0.2) is 0 Å². The van der Waals surface area contributed by atoms with Crippen LogP contribution in [0.4, 0.5) is 0 Å². The van der Waals surface area contributed by atoms with Gasteiger partial charge >= 0.3 is 5.97 Å². The number of esters is 1. The number of carbonyl (C=O) groups is 1. The third-order valence-corrected chi connectivity index (χ3v) is 3.35. The summed E-state index contributed by atoms with van der Waals surface area (Å²) in [5.74, 6) is -0.0770. The highest BCUT2D eigenvalue weighted by Crippen LogP contribution is 2.49. The van der Waals surface area contributed by atoms with Crippen molar-refractivity contribution in [2.24, 2.45) is 0 Å². The number of methoxy groups -OCH3 is 1. The number of ether oxygens (including phenoxy) is 1. The van der Waals surface area contributed by atoms with Crippen molar-refractivity contribution in [3.05, 3.63) is 0 Å². The second-order valence-electron chi connectivity index (χ2n) is 2.64. The summed E-state index contributed by atoms with van der Waals surface area (Å²) in [7, 11) is 1.44. The van der Waals surface area contributed by atoms with E-state index in [0.717, 1.165) is 0 Å². The van der Waals surface area contributed by atoms with Gasteiger partial charge in [0.25, 0.3) is 0 Å². The molecule has 1 fully saturated rings. The van der Waals surface area contributed by atoms with Gasteiger partial charge < -0.3 is 4.74 Å². The van der Waals surface area contributed by atoms with Crippen LogP contribution in [0.3, 0.4) is 0 Å². The van der Waals surface area contributed by atoms with Crippen LogP contribution in [0.2, 0.25) is 0 Å². The lowest BCUT2D eigenvalue weighted by Gasteiger charge is -2.08. The average molecular weight is 160 g/mol. The molecule has 0 unspecified atom stereocenters. The molecular formula is C7H12O2S. The first kappa shape index (κ1) is 7.92. The van der Waals surface area contributed by atoms with E-state index >= 15 is 0 Å². The Bertz CT molecular complexity index is 141. The molecule has 0 spiro atoms. The van der Waals surface area contributed by atoms with Gasteiger partial charge in [0.1, 0.15) is 0 Å². The van der Waals surface area contributed by atoms with Crippen LogP contribution in [-0.2, 0) is 9.53 Å². The average Bonchev–Trinajstić information content (AvgIpc) is 2.70. The Morgan fingerprint density at radius 1 is 1.70 bits per heavy atom. The number of thioether (sulfide) groups is 1. The fraction of sp³-hybridized carbons (Fsp3) is 0.857. The predicted octanol–water partition coefficient (Wildman–Crippen LogP) is 1.45. The second-order valence-corrected chi connectivity index (χ2v) is 3.91. The zero-order chi connectivity index (χ0) is 7.61. The Hall–Kier alpha value is -0.180. The SMILES string of the molecule is COC(=O)CC1(SC)CC1. The summed E-state index contributed by atoms with van der Waals surface area (Å²) in [5.41, 5.74) is 0. The van der Waals surface area contributed by atoms with Gasteiger partial charge in [0, 0.05) is 4.75 Å². The van der Waals surface area contributed by atoms with E-state index in [1.165, 1.54) is 20.0 Å². The maximum absolute atomic E-state index is 10.8. The van der Waals surface area contributed by atoms with Crippen molar-refractivity contribution in [1.82, 2.24) is 0 Å². The van der Waals surface area contributed by atoms with E-state index in [2.05, 4.69) is 11.0 Å². The van der Waals surface area contributed by atoms with Gasteiger partial charge in [-0.15, -0.1) is 0 Å². The fourth-order valence-corrected chi connectivity index (χ4v) is 1.70. The smallest absolute Gasteiger partial charge is 0.306 e. The normalized spacial score (nSPS) is 20.2. The summed E-state index contributed by atoms with van der Waals surface area (Å²) < 4.78 is 4.83. The zero-order valence-electron chi connectivity index (χ0n) is 6.35. The number of rotatable bonds is 3. The Balaban J connectivity index is 2.30. The standard InChI is InChI=1S/C7H12O2S/c1-9-6(8)5-7(10-2)3-4-7/h3-5H2,1-2H3. The summed E-state index contributed by atoms with van der Waals surface area (Å²) in [5, 5.41) is 0. The monoisotopic (exact) mass is 160 g/mol. The molecule has 0 radical (unpaired) electrons. The first-order chi connectivity index (χ1) is 4.72. The Morgan fingerprint density at radius 3 is 2.60 bits per heavy atom. The molecule has 2 nitrogen and oxygen atoms in total. The third-order valence-electron chi connectivity index (χ3n) is 1.93. The molecule has 0 saturated heterocycles. The van der Waals surface area contributed by atoms with Crippen molar-refractivity contribution in [3.63, 3.8) is 0 Å². The van der Waals surface area contributed by atoms with Gasteiger partial charge in [-0.1, -0.05) is 0 Å². The summed E-state index contributed by atoms with van der Waals surface area (Å²) >= 11 is 1.78. The van der Waals surface area contributed by atoms with Crippen molar-refractivity contribution in [1.29, 1.82) is 0 Å². The fourth-order valence-electron chi connectivity index (χ4n) is 0.928. The molecule has 1 aliphatic rings. The minimum Gasteiger partial charge on any atom is -0.469 e. The molecule has 0 aromatic carbocycles. The van der Waals surface area contributed by atoms with E-state index in [-0.39, 0.29) is 10.7 Å². The summed E-state index contributed by atoms with van der Waals surface area (Å²) in [6, 6.07) is 0. The van der Waals surface area contributed by atoms with E-state index in [0.29, 0.717) is 6.42 Å². The number of hydrogen-bond acceptors (Lipinski definition) is 3. The largest absolute Gasteiger partial charge is 0.469 e. The van der Waals surface area contributed by atoms with Gasteiger partial charge in [0.05, 0.1) is 13.5 Å². The van der Waals surface area contributed by atoms with Gasteiger partial charge in [-0.05, 0) is 19.1 Å². The molecule has 1 saturated carbocycles. The molecule has 0 bridgehead atoms. The zero-order valence-corrected chi connectivity index (χ0v) is 7.16. The van der Waals surface area contributed by atoms with Crippen LogP contribution in [-0.4, -0.2) is 24.1 Å². The quantitative estimate of drug-likeness (QED) is 0.584. The van der Waals surface area contributed by atoms with Crippen LogP contribution < -0.4 is 0 Å². The van der Waals surface area contributed by atoms with E-state index < -0.39 is 0 Å². The van der Waals surface area contributed by atoms with Gasteiger partial charge in [-0.3, -0.25) is 4.79 Å². The summed E-state index contributed by atoms with van der Waals surface area (Å²) in [4.78, 5) is 10.8. The highest BCUT2D eigenvalue weighted by Gasteiger charge is 2.43. The summed E-state index contributed by atoms with van der Waals surface area (Å²) in [6.45, 7) is 0. The van der Waals surface area contributed by atoms with Crippen LogP contribution in [0.25, 0.3) is 0 Å². The molecular weight excluding hydrogens is 148 g/mol. The number of hydrogen-bond donors (Lipinski definition) is 0. The molecule has 10 heavy (non-hydrogen) atoms. The van der Waals surface area contributed by atoms with E-state index in [9.17, 15) is 4.79 Å². The Morgan fingerprint density at radius 2 is 2.30 bits per heavy atom. The molecule has 0 amide bonds. The van der Waals surface area contributed by atoms with Crippen LogP contribution in [0.1, 0.15) is 19.3 Å². The molecule has 0 aromatic rings. The second kappa shape index (κ2) is 2.82. The van der Waals surface area contributed by atoms with Gasteiger partial charge in [-0.25, -0.2) is 0 Å². The van der Waals surface area contributed by atoms with Crippen LogP contribution >= 0.6 is 11.8 Å². The first-order valence-corrected chi connectivity index (χ1v) is 4.57. The van der Waals surface area contributed by atoms with Crippen molar-refractivity contribution in [3.8, 4) is 0 Å². The van der Waals surface area contributed by atoms with Crippen molar-refractivity contribution in [2.45, 2.75) is 24.0 Å².